The molecule has 2 aromatic rings. The van der Waals surface area contributed by atoms with Crippen molar-refractivity contribution in [3.05, 3.63) is 36.4 Å². The highest BCUT2D eigenvalue weighted by atomic mass is 19.1. The second-order valence-electron chi connectivity index (χ2n) is 2.68. The van der Waals surface area contributed by atoms with Crippen molar-refractivity contribution in [3.63, 3.8) is 0 Å². The van der Waals surface area contributed by atoms with E-state index in [1.165, 1.54) is 16.9 Å². The standard InChI is InChI=1S/C9H6FN2O2/c10-6-4-8(13)9(14)5-7(6)12-3-1-2-11-12/h1,3-5,13-14H. The van der Waals surface area contributed by atoms with Crippen molar-refractivity contribution < 1.29 is 14.6 Å². The molecule has 71 valence electrons. The number of benzene rings is 1. The summed E-state index contributed by atoms with van der Waals surface area (Å²) in [6, 6.07) is 3.42. The van der Waals surface area contributed by atoms with Crippen molar-refractivity contribution in [2.75, 3.05) is 0 Å². The van der Waals surface area contributed by atoms with Crippen molar-refractivity contribution in [2.24, 2.45) is 0 Å². The zero-order valence-electron chi connectivity index (χ0n) is 6.98. The maximum absolute atomic E-state index is 13.2. The summed E-state index contributed by atoms with van der Waals surface area (Å²) in [7, 11) is 0. The topological polar surface area (TPSA) is 58.3 Å². The van der Waals surface area contributed by atoms with Crippen LogP contribution in [0.4, 0.5) is 4.39 Å². The number of phenols is 2. The first kappa shape index (κ1) is 8.55. The van der Waals surface area contributed by atoms with E-state index in [0.717, 1.165) is 12.1 Å². The predicted molar refractivity (Wildman–Crippen MR) is 45.7 cm³/mol. The van der Waals surface area contributed by atoms with Crippen molar-refractivity contribution >= 4 is 0 Å². The van der Waals surface area contributed by atoms with Gasteiger partial charge < -0.3 is 10.2 Å². The number of aromatic hydroxyl groups is 2. The predicted octanol–water partition coefficient (Wildman–Crippen LogP) is 1.22. The van der Waals surface area contributed by atoms with Gasteiger partial charge in [-0.2, -0.15) is 5.10 Å². The van der Waals surface area contributed by atoms with Crippen LogP contribution in [0.25, 0.3) is 5.69 Å². The average Bonchev–Trinajstić information content (AvgIpc) is 2.64. The molecule has 0 bridgehead atoms. The summed E-state index contributed by atoms with van der Waals surface area (Å²) in [5, 5.41) is 21.8. The molecule has 2 N–H and O–H groups in total. The first-order valence-corrected chi connectivity index (χ1v) is 3.82. The molecule has 0 fully saturated rings. The van der Waals surface area contributed by atoms with E-state index >= 15 is 0 Å². The summed E-state index contributed by atoms with van der Waals surface area (Å²) in [5.74, 6) is -1.56. The van der Waals surface area contributed by atoms with E-state index in [1.54, 1.807) is 0 Å². The zero-order valence-corrected chi connectivity index (χ0v) is 6.98. The Labute approximate surface area is 78.8 Å². The molecule has 1 radical (unpaired) electrons. The lowest BCUT2D eigenvalue weighted by Gasteiger charge is -2.04. The van der Waals surface area contributed by atoms with Crippen LogP contribution in [0.2, 0.25) is 0 Å². The van der Waals surface area contributed by atoms with E-state index in [-0.39, 0.29) is 5.69 Å². The SMILES string of the molecule is Oc1cc(F)c(-n2cc[c]n2)cc1O. The van der Waals surface area contributed by atoms with E-state index in [0.29, 0.717) is 0 Å². The van der Waals surface area contributed by atoms with Gasteiger partial charge in [0.05, 0.1) is 0 Å². The molecule has 1 aromatic carbocycles. The van der Waals surface area contributed by atoms with Gasteiger partial charge in [-0.25, -0.2) is 9.07 Å². The van der Waals surface area contributed by atoms with Crippen LogP contribution in [0.1, 0.15) is 0 Å². The fourth-order valence-corrected chi connectivity index (χ4v) is 1.08. The molecular weight excluding hydrogens is 187 g/mol. The number of halogens is 1. The lowest BCUT2D eigenvalue weighted by molar-refractivity contribution is 0.399. The van der Waals surface area contributed by atoms with Gasteiger partial charge in [-0.05, 0) is 6.07 Å². The third kappa shape index (κ3) is 1.28. The van der Waals surface area contributed by atoms with E-state index < -0.39 is 17.3 Å². The molecule has 2 rings (SSSR count). The Hall–Kier alpha value is -2.04. The monoisotopic (exact) mass is 193 g/mol. The van der Waals surface area contributed by atoms with Gasteiger partial charge in [-0.1, -0.05) is 0 Å². The second kappa shape index (κ2) is 3.02. The molecule has 0 aliphatic rings. The van der Waals surface area contributed by atoms with Gasteiger partial charge >= 0.3 is 0 Å². The lowest BCUT2D eigenvalue weighted by atomic mass is 10.2. The minimum Gasteiger partial charge on any atom is -0.504 e. The van der Waals surface area contributed by atoms with E-state index in [1.807, 2.05) is 0 Å². The van der Waals surface area contributed by atoms with E-state index in [4.69, 9.17) is 10.2 Å². The van der Waals surface area contributed by atoms with Crippen molar-refractivity contribution in [1.82, 2.24) is 9.78 Å². The molecule has 0 aliphatic heterocycles. The summed E-state index contributed by atoms with van der Waals surface area (Å²) in [4.78, 5) is 0. The van der Waals surface area contributed by atoms with Crippen molar-refractivity contribution in [2.45, 2.75) is 0 Å². The van der Waals surface area contributed by atoms with Gasteiger partial charge in [-0.15, -0.1) is 0 Å². The number of hydrogen-bond donors (Lipinski definition) is 2. The summed E-state index contributed by atoms with van der Waals surface area (Å²) in [5.41, 5.74) is 0.0570. The highest BCUT2D eigenvalue weighted by Crippen LogP contribution is 2.28. The van der Waals surface area contributed by atoms with Crippen LogP contribution in [0.3, 0.4) is 0 Å². The Morgan fingerprint density at radius 3 is 2.64 bits per heavy atom. The smallest absolute Gasteiger partial charge is 0.160 e. The minimum absolute atomic E-state index is 0.0570. The Bertz CT molecular complexity index is 454. The number of aromatic nitrogens is 2. The Balaban J connectivity index is 2.60. The van der Waals surface area contributed by atoms with Crippen LogP contribution < -0.4 is 0 Å². The minimum atomic E-state index is -0.669. The van der Waals surface area contributed by atoms with Crippen LogP contribution >= 0.6 is 0 Å². The second-order valence-corrected chi connectivity index (χ2v) is 2.68. The van der Waals surface area contributed by atoms with Gasteiger partial charge in [-0.3, -0.25) is 0 Å². The van der Waals surface area contributed by atoms with Gasteiger partial charge in [0, 0.05) is 18.3 Å². The molecule has 1 heterocycles. The fourth-order valence-electron chi connectivity index (χ4n) is 1.08. The number of phenolic OH excluding ortho intramolecular Hbond substituents is 2. The third-order valence-electron chi connectivity index (χ3n) is 1.75. The number of hydrogen-bond acceptors (Lipinski definition) is 3. The van der Waals surface area contributed by atoms with Crippen LogP contribution in [-0.4, -0.2) is 20.0 Å². The molecule has 0 spiro atoms. The summed E-state index contributed by atoms with van der Waals surface area (Å²) >= 11 is 0. The molecule has 4 nitrogen and oxygen atoms in total. The first-order chi connectivity index (χ1) is 6.68. The van der Waals surface area contributed by atoms with Crippen LogP contribution in [-0.2, 0) is 0 Å². The molecule has 0 unspecified atom stereocenters. The average molecular weight is 193 g/mol. The Kier molecular flexibility index (Phi) is 1.85. The molecule has 1 aromatic heterocycles. The van der Waals surface area contributed by atoms with Crippen molar-refractivity contribution in [3.8, 4) is 17.2 Å². The normalized spacial score (nSPS) is 10.4. The Morgan fingerprint density at radius 2 is 2.00 bits per heavy atom. The number of nitrogens with zero attached hydrogens (tertiary/aromatic N) is 2. The molecular formula is C9H6FN2O2. The molecule has 0 saturated heterocycles. The molecule has 0 amide bonds. The Morgan fingerprint density at radius 1 is 1.29 bits per heavy atom. The van der Waals surface area contributed by atoms with Crippen LogP contribution in [0.5, 0.6) is 11.5 Å². The molecule has 0 saturated carbocycles. The maximum Gasteiger partial charge on any atom is 0.160 e. The quantitative estimate of drug-likeness (QED) is 0.669. The molecule has 0 aliphatic carbocycles. The van der Waals surface area contributed by atoms with E-state index in [2.05, 4.69) is 11.3 Å². The van der Waals surface area contributed by atoms with Gasteiger partial charge in [0.15, 0.2) is 17.3 Å². The zero-order chi connectivity index (χ0) is 10.1. The summed E-state index contributed by atoms with van der Waals surface area (Å²) in [6.45, 7) is 0. The van der Waals surface area contributed by atoms with Gasteiger partial charge in [0.1, 0.15) is 11.9 Å². The summed E-state index contributed by atoms with van der Waals surface area (Å²) in [6.07, 6.45) is 3.97. The van der Waals surface area contributed by atoms with Crippen LogP contribution in [0, 0.1) is 12.0 Å². The van der Waals surface area contributed by atoms with Gasteiger partial charge in [0.2, 0.25) is 0 Å². The summed E-state index contributed by atoms with van der Waals surface area (Å²) < 4.78 is 14.5. The highest BCUT2D eigenvalue weighted by molar-refractivity contribution is 5.47. The molecule has 14 heavy (non-hydrogen) atoms. The largest absolute Gasteiger partial charge is 0.504 e. The van der Waals surface area contributed by atoms with E-state index in [9.17, 15) is 4.39 Å². The lowest BCUT2D eigenvalue weighted by Crippen LogP contribution is -1.97. The third-order valence-corrected chi connectivity index (χ3v) is 1.75. The highest BCUT2D eigenvalue weighted by Gasteiger charge is 2.09. The molecule has 0 atom stereocenters. The van der Waals surface area contributed by atoms with Crippen molar-refractivity contribution in [1.29, 1.82) is 0 Å². The maximum atomic E-state index is 13.2. The first-order valence-electron chi connectivity index (χ1n) is 3.82. The van der Waals surface area contributed by atoms with Gasteiger partial charge in [0.25, 0.3) is 0 Å². The molecule has 5 heteroatoms. The number of rotatable bonds is 1. The van der Waals surface area contributed by atoms with Crippen LogP contribution in [0.15, 0.2) is 24.4 Å². The fraction of sp³-hybridized carbons (Fsp3) is 0.